The standard InChI is InChI=1S/C19H21ClN2O/c1-14-6-7-15(2)18(12-14)21-8-10-22(11-9-21)19(23)16-4-3-5-17(20)13-16/h3-7,12-13H,8-11H2,1-2H3. The minimum absolute atomic E-state index is 0.0631. The van der Waals surface area contributed by atoms with Gasteiger partial charge in [0.1, 0.15) is 0 Å². The molecule has 0 N–H and O–H groups in total. The number of hydrogen-bond acceptors (Lipinski definition) is 2. The fraction of sp³-hybridized carbons (Fsp3) is 0.316. The van der Waals surface area contributed by atoms with Gasteiger partial charge in [0.2, 0.25) is 0 Å². The second-order valence-corrected chi connectivity index (χ2v) is 6.52. The lowest BCUT2D eigenvalue weighted by Crippen LogP contribution is -2.49. The normalized spacial score (nSPS) is 14.9. The van der Waals surface area contributed by atoms with Crippen molar-refractivity contribution in [2.75, 3.05) is 31.1 Å². The number of rotatable bonds is 2. The molecule has 0 aromatic heterocycles. The summed E-state index contributed by atoms with van der Waals surface area (Å²) in [5.74, 6) is 0.0631. The van der Waals surface area contributed by atoms with Crippen molar-refractivity contribution >= 4 is 23.2 Å². The van der Waals surface area contributed by atoms with Gasteiger partial charge in [-0.25, -0.2) is 0 Å². The van der Waals surface area contributed by atoms with Crippen LogP contribution in [-0.4, -0.2) is 37.0 Å². The van der Waals surface area contributed by atoms with Crippen LogP contribution >= 0.6 is 11.6 Å². The summed E-state index contributed by atoms with van der Waals surface area (Å²) in [6.45, 7) is 7.44. The third-order valence-electron chi connectivity index (χ3n) is 4.34. The summed E-state index contributed by atoms with van der Waals surface area (Å²) in [4.78, 5) is 16.8. The molecule has 23 heavy (non-hydrogen) atoms. The van der Waals surface area contributed by atoms with Crippen LogP contribution in [0.15, 0.2) is 42.5 Å². The van der Waals surface area contributed by atoms with Gasteiger partial charge in [-0.05, 0) is 49.2 Å². The Balaban J connectivity index is 1.69. The van der Waals surface area contributed by atoms with Gasteiger partial charge in [0, 0.05) is 42.5 Å². The molecule has 1 saturated heterocycles. The number of halogens is 1. The summed E-state index contributed by atoms with van der Waals surface area (Å²) in [5, 5.41) is 0.602. The maximum atomic E-state index is 12.6. The van der Waals surface area contributed by atoms with Crippen LogP contribution in [0.1, 0.15) is 21.5 Å². The summed E-state index contributed by atoms with van der Waals surface area (Å²) in [6, 6.07) is 13.7. The van der Waals surface area contributed by atoms with Gasteiger partial charge in [0.25, 0.3) is 5.91 Å². The first-order valence-corrected chi connectivity index (χ1v) is 8.29. The minimum atomic E-state index is 0.0631. The largest absolute Gasteiger partial charge is 0.368 e. The van der Waals surface area contributed by atoms with Crippen molar-refractivity contribution in [3.05, 3.63) is 64.2 Å². The van der Waals surface area contributed by atoms with Crippen molar-refractivity contribution in [2.45, 2.75) is 13.8 Å². The molecule has 0 atom stereocenters. The van der Waals surface area contributed by atoms with Gasteiger partial charge in [-0.15, -0.1) is 0 Å². The lowest BCUT2D eigenvalue weighted by molar-refractivity contribution is 0.0747. The van der Waals surface area contributed by atoms with Crippen molar-refractivity contribution in [3.8, 4) is 0 Å². The van der Waals surface area contributed by atoms with Crippen molar-refractivity contribution in [1.82, 2.24) is 4.90 Å². The zero-order valence-corrected chi connectivity index (χ0v) is 14.3. The number of piperazine rings is 1. The van der Waals surface area contributed by atoms with E-state index in [4.69, 9.17) is 11.6 Å². The summed E-state index contributed by atoms with van der Waals surface area (Å²) >= 11 is 5.98. The third-order valence-corrected chi connectivity index (χ3v) is 4.58. The molecule has 120 valence electrons. The molecule has 1 aliphatic rings. The van der Waals surface area contributed by atoms with Gasteiger partial charge in [-0.3, -0.25) is 4.79 Å². The molecule has 0 aliphatic carbocycles. The van der Waals surface area contributed by atoms with Crippen LogP contribution in [0, 0.1) is 13.8 Å². The van der Waals surface area contributed by atoms with E-state index in [9.17, 15) is 4.79 Å². The number of aryl methyl sites for hydroxylation is 2. The Bertz CT molecular complexity index is 721. The van der Waals surface area contributed by atoms with Gasteiger partial charge in [0.05, 0.1) is 0 Å². The van der Waals surface area contributed by atoms with Crippen LogP contribution in [0.3, 0.4) is 0 Å². The zero-order valence-electron chi connectivity index (χ0n) is 13.6. The number of hydrogen-bond donors (Lipinski definition) is 0. The highest BCUT2D eigenvalue weighted by molar-refractivity contribution is 6.30. The Labute approximate surface area is 142 Å². The monoisotopic (exact) mass is 328 g/mol. The van der Waals surface area contributed by atoms with E-state index in [0.29, 0.717) is 10.6 Å². The van der Waals surface area contributed by atoms with Crippen LogP contribution in [0.25, 0.3) is 0 Å². The number of benzene rings is 2. The second-order valence-electron chi connectivity index (χ2n) is 6.08. The highest BCUT2D eigenvalue weighted by atomic mass is 35.5. The fourth-order valence-corrected chi connectivity index (χ4v) is 3.20. The van der Waals surface area contributed by atoms with Gasteiger partial charge in [-0.2, -0.15) is 0 Å². The van der Waals surface area contributed by atoms with E-state index in [0.717, 1.165) is 26.2 Å². The van der Waals surface area contributed by atoms with Crippen molar-refractivity contribution in [2.24, 2.45) is 0 Å². The van der Waals surface area contributed by atoms with E-state index >= 15 is 0 Å². The van der Waals surface area contributed by atoms with E-state index in [1.165, 1.54) is 16.8 Å². The zero-order chi connectivity index (χ0) is 16.4. The lowest BCUT2D eigenvalue weighted by atomic mass is 10.1. The summed E-state index contributed by atoms with van der Waals surface area (Å²) in [5.41, 5.74) is 4.49. The van der Waals surface area contributed by atoms with E-state index in [2.05, 4.69) is 36.9 Å². The average molecular weight is 329 g/mol. The Hall–Kier alpha value is -2.00. The molecule has 1 amide bonds. The quantitative estimate of drug-likeness (QED) is 0.834. The summed E-state index contributed by atoms with van der Waals surface area (Å²) in [6.07, 6.45) is 0. The maximum absolute atomic E-state index is 12.6. The molecular weight excluding hydrogens is 308 g/mol. The molecule has 1 fully saturated rings. The summed E-state index contributed by atoms with van der Waals surface area (Å²) in [7, 11) is 0. The van der Waals surface area contributed by atoms with E-state index < -0.39 is 0 Å². The first-order valence-electron chi connectivity index (χ1n) is 7.91. The molecule has 2 aromatic carbocycles. The molecular formula is C19H21ClN2O. The van der Waals surface area contributed by atoms with Crippen molar-refractivity contribution in [1.29, 1.82) is 0 Å². The van der Waals surface area contributed by atoms with Gasteiger partial charge in [0.15, 0.2) is 0 Å². The minimum Gasteiger partial charge on any atom is -0.368 e. The SMILES string of the molecule is Cc1ccc(C)c(N2CCN(C(=O)c3cccc(Cl)c3)CC2)c1. The van der Waals surface area contributed by atoms with Crippen LogP contribution in [0.2, 0.25) is 5.02 Å². The number of amides is 1. The molecule has 0 spiro atoms. The smallest absolute Gasteiger partial charge is 0.254 e. The molecule has 0 unspecified atom stereocenters. The van der Waals surface area contributed by atoms with Crippen molar-refractivity contribution in [3.63, 3.8) is 0 Å². The molecule has 2 aromatic rings. The van der Waals surface area contributed by atoms with E-state index in [1.807, 2.05) is 17.0 Å². The second kappa shape index (κ2) is 6.63. The predicted octanol–water partition coefficient (Wildman–Crippen LogP) is 3.92. The number of anilines is 1. The van der Waals surface area contributed by atoms with Crippen LogP contribution in [0.5, 0.6) is 0 Å². The van der Waals surface area contributed by atoms with Gasteiger partial charge >= 0.3 is 0 Å². The number of carbonyl (C=O) groups is 1. The first kappa shape index (κ1) is 15.9. The average Bonchev–Trinajstić information content (AvgIpc) is 2.56. The number of nitrogens with zero attached hydrogens (tertiary/aromatic N) is 2. The topological polar surface area (TPSA) is 23.6 Å². The Kier molecular flexibility index (Phi) is 4.58. The molecule has 1 heterocycles. The summed E-state index contributed by atoms with van der Waals surface area (Å²) < 4.78 is 0. The molecule has 4 heteroatoms. The lowest BCUT2D eigenvalue weighted by Gasteiger charge is -2.37. The van der Waals surface area contributed by atoms with Crippen LogP contribution in [-0.2, 0) is 0 Å². The molecule has 0 radical (unpaired) electrons. The van der Waals surface area contributed by atoms with E-state index in [-0.39, 0.29) is 5.91 Å². The highest BCUT2D eigenvalue weighted by Gasteiger charge is 2.23. The number of carbonyl (C=O) groups excluding carboxylic acids is 1. The molecule has 0 saturated carbocycles. The molecule has 1 aliphatic heterocycles. The Morgan fingerprint density at radius 1 is 1.00 bits per heavy atom. The van der Waals surface area contributed by atoms with Crippen LogP contribution in [0.4, 0.5) is 5.69 Å². The highest BCUT2D eigenvalue weighted by Crippen LogP contribution is 2.23. The van der Waals surface area contributed by atoms with Crippen molar-refractivity contribution < 1.29 is 4.79 Å². The molecule has 3 nitrogen and oxygen atoms in total. The molecule has 3 rings (SSSR count). The van der Waals surface area contributed by atoms with Gasteiger partial charge < -0.3 is 9.80 Å². The van der Waals surface area contributed by atoms with E-state index in [1.54, 1.807) is 12.1 Å². The molecule has 0 bridgehead atoms. The third kappa shape index (κ3) is 3.50. The maximum Gasteiger partial charge on any atom is 0.254 e. The fourth-order valence-electron chi connectivity index (χ4n) is 3.01. The Morgan fingerprint density at radius 2 is 1.74 bits per heavy atom. The van der Waals surface area contributed by atoms with Gasteiger partial charge in [-0.1, -0.05) is 29.8 Å². The predicted molar refractivity (Wildman–Crippen MR) is 95.5 cm³/mol. The Morgan fingerprint density at radius 3 is 2.43 bits per heavy atom. The first-order chi connectivity index (χ1) is 11.0. The van der Waals surface area contributed by atoms with Crippen LogP contribution < -0.4 is 4.90 Å².